The number of hydrogen-bond acceptors (Lipinski definition) is 6. The maximum absolute atomic E-state index is 11.2. The third-order valence-corrected chi connectivity index (χ3v) is 2.48. The lowest BCUT2D eigenvalue weighted by Gasteiger charge is -2.22. The van der Waals surface area contributed by atoms with Crippen LogP contribution in [0.15, 0.2) is 29.6 Å². The number of aliphatic hydroxyl groups is 1. The summed E-state index contributed by atoms with van der Waals surface area (Å²) in [4.78, 5) is 26.8. The zero-order valence-corrected chi connectivity index (χ0v) is 10.3. The number of alkyl halides is 1. The Morgan fingerprint density at radius 1 is 1.33 bits per heavy atom. The maximum atomic E-state index is 11.2. The van der Waals surface area contributed by atoms with Gasteiger partial charge in [-0.1, -0.05) is 0 Å². The van der Waals surface area contributed by atoms with Crippen LogP contribution in [0.25, 0.3) is 0 Å². The average molecular weight is 273 g/mol. The van der Waals surface area contributed by atoms with Crippen molar-refractivity contribution in [1.82, 2.24) is 0 Å². The van der Waals surface area contributed by atoms with Gasteiger partial charge in [0.15, 0.2) is 5.34 Å². The third kappa shape index (κ3) is 3.97. The smallest absolute Gasteiger partial charge is 0.369 e. The molecule has 0 saturated carbocycles. The van der Waals surface area contributed by atoms with Gasteiger partial charge in [0.2, 0.25) is 0 Å². The van der Waals surface area contributed by atoms with Crippen molar-refractivity contribution in [2.24, 2.45) is 5.34 Å². The molecule has 1 aromatic rings. The Kier molecular flexibility index (Phi) is 6.10. The van der Waals surface area contributed by atoms with E-state index in [1.807, 2.05) is 4.90 Å². The highest BCUT2D eigenvalue weighted by Gasteiger charge is 2.10. The second-order valence-corrected chi connectivity index (χ2v) is 3.78. The van der Waals surface area contributed by atoms with Gasteiger partial charge in [0.25, 0.3) is 0 Å². The molecule has 7 heteroatoms. The number of benzene rings is 1. The van der Waals surface area contributed by atoms with E-state index in [0.29, 0.717) is 19.0 Å². The van der Waals surface area contributed by atoms with Crippen LogP contribution in [0.4, 0.5) is 5.69 Å². The molecule has 0 radical (unpaired) electrons. The van der Waals surface area contributed by atoms with Crippen LogP contribution in [-0.4, -0.2) is 36.7 Å². The summed E-state index contributed by atoms with van der Waals surface area (Å²) in [7, 11) is 0. The SMILES string of the molecule is O=NOC(=O)c1ccc(N(CCO)CCCl)cc1. The summed E-state index contributed by atoms with van der Waals surface area (Å²) in [5.74, 6) is -0.374. The Morgan fingerprint density at radius 3 is 2.50 bits per heavy atom. The van der Waals surface area contributed by atoms with Gasteiger partial charge in [-0.15, -0.1) is 16.5 Å². The zero-order chi connectivity index (χ0) is 13.4. The fraction of sp³-hybridized carbons (Fsp3) is 0.364. The first-order valence-corrected chi connectivity index (χ1v) is 5.82. The van der Waals surface area contributed by atoms with Crippen LogP contribution < -0.4 is 4.90 Å². The number of carbonyl (C=O) groups excluding carboxylic acids is 1. The zero-order valence-electron chi connectivity index (χ0n) is 9.58. The van der Waals surface area contributed by atoms with Crippen LogP contribution in [0.1, 0.15) is 10.4 Å². The molecule has 0 fully saturated rings. The van der Waals surface area contributed by atoms with Gasteiger partial charge in [-0.25, -0.2) is 4.79 Å². The van der Waals surface area contributed by atoms with Gasteiger partial charge in [0.05, 0.1) is 12.2 Å². The van der Waals surface area contributed by atoms with Crippen molar-refractivity contribution in [3.8, 4) is 0 Å². The van der Waals surface area contributed by atoms with E-state index in [1.165, 1.54) is 12.1 Å². The summed E-state index contributed by atoms with van der Waals surface area (Å²) < 4.78 is 0. The first kappa shape index (κ1) is 14.4. The monoisotopic (exact) mass is 272 g/mol. The van der Waals surface area contributed by atoms with Crippen molar-refractivity contribution in [2.75, 3.05) is 30.5 Å². The second kappa shape index (κ2) is 7.62. The summed E-state index contributed by atoms with van der Waals surface area (Å²) in [5.41, 5.74) is 1.05. The lowest BCUT2D eigenvalue weighted by molar-refractivity contribution is 0.0508. The topological polar surface area (TPSA) is 79.2 Å². The number of anilines is 1. The van der Waals surface area contributed by atoms with Gasteiger partial charge in [0, 0.05) is 24.7 Å². The van der Waals surface area contributed by atoms with Gasteiger partial charge >= 0.3 is 5.97 Å². The fourth-order valence-corrected chi connectivity index (χ4v) is 1.69. The third-order valence-electron chi connectivity index (χ3n) is 2.31. The summed E-state index contributed by atoms with van der Waals surface area (Å²) in [6.07, 6.45) is 0. The lowest BCUT2D eigenvalue weighted by atomic mass is 10.2. The van der Waals surface area contributed by atoms with E-state index in [0.717, 1.165) is 5.69 Å². The normalized spacial score (nSPS) is 9.89. The van der Waals surface area contributed by atoms with E-state index in [4.69, 9.17) is 16.7 Å². The Bertz CT molecular complexity index is 391. The number of hydrogen-bond donors (Lipinski definition) is 1. The van der Waals surface area contributed by atoms with Crippen LogP contribution in [0.3, 0.4) is 0 Å². The van der Waals surface area contributed by atoms with Crippen molar-refractivity contribution in [2.45, 2.75) is 0 Å². The highest BCUT2D eigenvalue weighted by Crippen LogP contribution is 2.15. The Morgan fingerprint density at radius 2 is 2.00 bits per heavy atom. The van der Waals surface area contributed by atoms with Gasteiger partial charge in [0.1, 0.15) is 0 Å². The Balaban J connectivity index is 2.79. The summed E-state index contributed by atoms with van der Waals surface area (Å²) in [6, 6.07) is 6.40. The molecule has 0 aliphatic carbocycles. The van der Waals surface area contributed by atoms with Crippen molar-refractivity contribution in [3.63, 3.8) is 0 Å². The van der Waals surface area contributed by atoms with E-state index >= 15 is 0 Å². The number of halogens is 1. The maximum Gasteiger partial charge on any atom is 0.369 e. The van der Waals surface area contributed by atoms with E-state index in [9.17, 15) is 9.70 Å². The Labute approximate surface area is 109 Å². The highest BCUT2D eigenvalue weighted by atomic mass is 35.5. The van der Waals surface area contributed by atoms with Crippen molar-refractivity contribution < 1.29 is 14.7 Å². The summed E-state index contributed by atoms with van der Waals surface area (Å²) in [6.45, 7) is 1.05. The molecule has 98 valence electrons. The van der Waals surface area contributed by atoms with Crippen LogP contribution in [0.5, 0.6) is 0 Å². The molecule has 0 spiro atoms. The van der Waals surface area contributed by atoms with Gasteiger partial charge in [-0.2, -0.15) is 0 Å². The predicted octanol–water partition coefficient (Wildman–Crippen LogP) is 1.56. The fourth-order valence-electron chi connectivity index (χ4n) is 1.49. The molecule has 6 nitrogen and oxygen atoms in total. The van der Waals surface area contributed by atoms with Crippen LogP contribution in [0, 0.1) is 4.91 Å². The minimum atomic E-state index is -0.803. The molecule has 0 bridgehead atoms. The number of rotatable bonds is 7. The first-order chi connectivity index (χ1) is 8.72. The average Bonchev–Trinajstić information content (AvgIpc) is 2.39. The van der Waals surface area contributed by atoms with Gasteiger partial charge in [-0.05, 0) is 24.3 Å². The molecule has 0 amide bonds. The molecule has 0 saturated heterocycles. The number of carbonyl (C=O) groups is 1. The molecule has 0 atom stereocenters. The van der Waals surface area contributed by atoms with Crippen molar-refractivity contribution in [3.05, 3.63) is 34.7 Å². The molecule has 0 aromatic heterocycles. The minimum Gasteiger partial charge on any atom is -0.395 e. The predicted molar refractivity (Wildman–Crippen MR) is 67.7 cm³/mol. The molecule has 0 heterocycles. The second-order valence-electron chi connectivity index (χ2n) is 3.40. The van der Waals surface area contributed by atoms with Crippen LogP contribution >= 0.6 is 11.6 Å². The van der Waals surface area contributed by atoms with Gasteiger partial charge in [-0.3, -0.25) is 4.84 Å². The summed E-state index contributed by atoms with van der Waals surface area (Å²) >= 11 is 5.66. The number of nitrogens with zero attached hydrogens (tertiary/aromatic N) is 2. The van der Waals surface area contributed by atoms with Crippen molar-refractivity contribution >= 4 is 23.3 Å². The van der Waals surface area contributed by atoms with Crippen LogP contribution in [-0.2, 0) is 4.84 Å². The Hall–Kier alpha value is -1.66. The molecular formula is C11H13ClN2O4. The molecular weight excluding hydrogens is 260 g/mol. The quantitative estimate of drug-likeness (QED) is 0.463. The van der Waals surface area contributed by atoms with E-state index in [1.54, 1.807) is 12.1 Å². The van der Waals surface area contributed by atoms with Crippen molar-refractivity contribution in [1.29, 1.82) is 0 Å². The molecule has 1 N–H and O–H groups in total. The minimum absolute atomic E-state index is 0.00967. The van der Waals surface area contributed by atoms with E-state index in [2.05, 4.69) is 10.2 Å². The molecule has 1 aromatic carbocycles. The largest absolute Gasteiger partial charge is 0.395 e. The van der Waals surface area contributed by atoms with Crippen LogP contribution in [0.2, 0.25) is 0 Å². The summed E-state index contributed by atoms with van der Waals surface area (Å²) in [5, 5.41) is 11.0. The van der Waals surface area contributed by atoms with Gasteiger partial charge < -0.3 is 10.0 Å². The first-order valence-electron chi connectivity index (χ1n) is 5.28. The molecule has 1 rings (SSSR count). The molecule has 0 unspecified atom stereocenters. The molecule has 18 heavy (non-hydrogen) atoms. The van der Waals surface area contributed by atoms with E-state index in [-0.39, 0.29) is 12.2 Å². The lowest BCUT2D eigenvalue weighted by Crippen LogP contribution is -2.28. The standard InChI is InChI=1S/C11H13ClN2O4/c12-5-6-14(7-8-15)10-3-1-9(2-4-10)11(16)18-13-17/h1-4,15H,5-8H2. The number of aliphatic hydroxyl groups excluding tert-OH is 1. The molecule has 0 aliphatic heterocycles. The molecule has 0 aliphatic rings. The highest BCUT2D eigenvalue weighted by molar-refractivity contribution is 6.18. The van der Waals surface area contributed by atoms with E-state index < -0.39 is 5.97 Å².